The molecule has 0 atom stereocenters. The molecule has 32 heavy (non-hydrogen) atoms. The van der Waals surface area contributed by atoms with Crippen LogP contribution in [0, 0.1) is 0 Å². The quantitative estimate of drug-likeness (QED) is 0.616. The molecule has 2 amide bonds. The number of hydrogen-bond donors (Lipinski definition) is 0. The smallest absolute Gasteiger partial charge is 0.271 e. The summed E-state index contributed by atoms with van der Waals surface area (Å²) in [7, 11) is 0. The maximum Gasteiger partial charge on any atom is 0.271 e. The monoisotopic (exact) mass is 426 g/mol. The zero-order valence-electron chi connectivity index (χ0n) is 18.4. The lowest BCUT2D eigenvalue weighted by Gasteiger charge is -2.39. The minimum atomic E-state index is -0.968. The standard InChI is InChI=1S/C27H26N2O3/c1-27(2)26(31)29(17-19-8-4-3-5-9-19)23-16-21(12-13-24(23)32-27)25(30)28-15-14-20-10-6-7-11-22(20)18-28/h3-13,16H,14-15,17-18H2,1-2H3. The average Bonchev–Trinajstić information content (AvgIpc) is 2.81. The van der Waals surface area contributed by atoms with E-state index in [2.05, 4.69) is 12.1 Å². The highest BCUT2D eigenvalue weighted by atomic mass is 16.5. The molecule has 2 aliphatic rings. The van der Waals surface area contributed by atoms with Crippen LogP contribution in [0.2, 0.25) is 0 Å². The van der Waals surface area contributed by atoms with E-state index < -0.39 is 5.60 Å². The summed E-state index contributed by atoms with van der Waals surface area (Å²) < 4.78 is 6.01. The summed E-state index contributed by atoms with van der Waals surface area (Å²) in [5, 5.41) is 0. The molecule has 5 heteroatoms. The third-order valence-corrected chi connectivity index (χ3v) is 6.22. The van der Waals surface area contributed by atoms with Crippen LogP contribution in [-0.4, -0.2) is 28.9 Å². The van der Waals surface area contributed by atoms with Crippen LogP contribution < -0.4 is 9.64 Å². The normalized spacial score (nSPS) is 16.8. The number of nitrogens with zero attached hydrogens (tertiary/aromatic N) is 2. The van der Waals surface area contributed by atoms with Crippen molar-refractivity contribution in [3.8, 4) is 5.75 Å². The van der Waals surface area contributed by atoms with Crippen LogP contribution >= 0.6 is 0 Å². The van der Waals surface area contributed by atoms with Crippen molar-refractivity contribution in [1.82, 2.24) is 4.90 Å². The Hall–Kier alpha value is -3.60. The lowest BCUT2D eigenvalue weighted by Crippen LogP contribution is -2.52. The molecule has 3 aromatic carbocycles. The number of anilines is 1. The van der Waals surface area contributed by atoms with Crippen molar-refractivity contribution in [2.75, 3.05) is 11.4 Å². The Morgan fingerprint density at radius 1 is 0.969 bits per heavy atom. The van der Waals surface area contributed by atoms with Crippen molar-refractivity contribution in [3.63, 3.8) is 0 Å². The summed E-state index contributed by atoms with van der Waals surface area (Å²) in [4.78, 5) is 30.2. The molecule has 0 fully saturated rings. The van der Waals surface area contributed by atoms with Crippen LogP contribution in [0.1, 0.15) is 40.9 Å². The first-order valence-electron chi connectivity index (χ1n) is 11.0. The van der Waals surface area contributed by atoms with E-state index in [-0.39, 0.29) is 11.8 Å². The summed E-state index contributed by atoms with van der Waals surface area (Å²) >= 11 is 0. The van der Waals surface area contributed by atoms with E-state index in [1.165, 1.54) is 11.1 Å². The Morgan fingerprint density at radius 3 is 2.47 bits per heavy atom. The van der Waals surface area contributed by atoms with Crippen LogP contribution in [0.25, 0.3) is 0 Å². The van der Waals surface area contributed by atoms with Gasteiger partial charge in [-0.25, -0.2) is 0 Å². The summed E-state index contributed by atoms with van der Waals surface area (Å²) in [6, 6.07) is 23.5. The van der Waals surface area contributed by atoms with Crippen molar-refractivity contribution in [2.45, 2.75) is 39.0 Å². The molecule has 0 aliphatic carbocycles. The Morgan fingerprint density at radius 2 is 1.69 bits per heavy atom. The van der Waals surface area contributed by atoms with Gasteiger partial charge in [-0.05, 0) is 55.2 Å². The first-order valence-corrected chi connectivity index (χ1v) is 11.0. The molecule has 0 spiro atoms. The largest absolute Gasteiger partial charge is 0.476 e. The third-order valence-electron chi connectivity index (χ3n) is 6.22. The molecule has 0 unspecified atom stereocenters. The molecule has 3 aromatic rings. The molecule has 0 saturated carbocycles. The molecule has 0 radical (unpaired) electrons. The van der Waals surface area contributed by atoms with E-state index in [1.807, 2.05) is 53.4 Å². The number of fused-ring (bicyclic) bond motifs is 2. The first-order chi connectivity index (χ1) is 15.4. The van der Waals surface area contributed by atoms with Gasteiger partial charge in [0.2, 0.25) is 0 Å². The van der Waals surface area contributed by atoms with Gasteiger partial charge in [0.15, 0.2) is 5.60 Å². The van der Waals surface area contributed by atoms with E-state index in [1.54, 1.807) is 30.9 Å². The molecule has 0 aromatic heterocycles. The fourth-order valence-corrected chi connectivity index (χ4v) is 4.48. The number of carbonyl (C=O) groups excluding carboxylic acids is 2. The zero-order chi connectivity index (χ0) is 22.3. The van der Waals surface area contributed by atoms with Gasteiger partial charge in [0.1, 0.15) is 5.75 Å². The summed E-state index contributed by atoms with van der Waals surface area (Å²) in [6.07, 6.45) is 0.850. The second kappa shape index (κ2) is 7.83. The second-order valence-corrected chi connectivity index (χ2v) is 8.92. The fourth-order valence-electron chi connectivity index (χ4n) is 4.48. The Balaban J connectivity index is 1.47. The summed E-state index contributed by atoms with van der Waals surface area (Å²) in [6.45, 7) is 5.26. The van der Waals surface area contributed by atoms with E-state index >= 15 is 0 Å². The van der Waals surface area contributed by atoms with Gasteiger partial charge in [-0.1, -0.05) is 54.6 Å². The number of amides is 2. The fraction of sp³-hybridized carbons (Fsp3) is 0.259. The van der Waals surface area contributed by atoms with Crippen molar-refractivity contribution in [2.24, 2.45) is 0 Å². The van der Waals surface area contributed by atoms with E-state index in [0.717, 1.165) is 12.0 Å². The van der Waals surface area contributed by atoms with Crippen LogP contribution in [-0.2, 0) is 24.3 Å². The zero-order valence-corrected chi connectivity index (χ0v) is 18.4. The maximum atomic E-state index is 13.4. The van der Waals surface area contributed by atoms with Gasteiger partial charge in [-0.3, -0.25) is 9.59 Å². The van der Waals surface area contributed by atoms with Crippen LogP contribution in [0.4, 0.5) is 5.69 Å². The number of hydrogen-bond acceptors (Lipinski definition) is 3. The molecular weight excluding hydrogens is 400 g/mol. The van der Waals surface area contributed by atoms with Crippen molar-refractivity contribution >= 4 is 17.5 Å². The van der Waals surface area contributed by atoms with Gasteiger partial charge in [0.25, 0.3) is 11.8 Å². The maximum absolute atomic E-state index is 13.4. The van der Waals surface area contributed by atoms with E-state index in [9.17, 15) is 9.59 Å². The van der Waals surface area contributed by atoms with Gasteiger partial charge < -0.3 is 14.5 Å². The molecule has 162 valence electrons. The summed E-state index contributed by atoms with van der Waals surface area (Å²) in [5.74, 6) is 0.468. The summed E-state index contributed by atoms with van der Waals surface area (Å²) in [5.41, 5.74) is 3.75. The predicted molar refractivity (Wildman–Crippen MR) is 124 cm³/mol. The van der Waals surface area contributed by atoms with E-state index in [4.69, 9.17) is 4.74 Å². The number of benzene rings is 3. The molecule has 2 aliphatic heterocycles. The Bertz CT molecular complexity index is 1190. The minimum Gasteiger partial charge on any atom is -0.476 e. The van der Waals surface area contributed by atoms with Crippen LogP contribution in [0.3, 0.4) is 0 Å². The Kier molecular flexibility index (Phi) is 4.97. The molecule has 0 saturated heterocycles. The van der Waals surface area contributed by atoms with Gasteiger partial charge in [-0.15, -0.1) is 0 Å². The number of carbonyl (C=O) groups is 2. The molecule has 0 bridgehead atoms. The lowest BCUT2D eigenvalue weighted by molar-refractivity contribution is -0.132. The van der Waals surface area contributed by atoms with Crippen LogP contribution in [0.15, 0.2) is 72.8 Å². The first kappa shape index (κ1) is 20.3. The lowest BCUT2D eigenvalue weighted by atomic mass is 9.98. The van der Waals surface area contributed by atoms with Gasteiger partial charge in [0, 0.05) is 18.7 Å². The molecule has 2 heterocycles. The van der Waals surface area contributed by atoms with E-state index in [0.29, 0.717) is 36.6 Å². The topological polar surface area (TPSA) is 49.9 Å². The molecule has 5 nitrogen and oxygen atoms in total. The highest BCUT2D eigenvalue weighted by molar-refractivity contribution is 6.04. The number of rotatable bonds is 3. The van der Waals surface area contributed by atoms with Gasteiger partial charge >= 0.3 is 0 Å². The molecule has 5 rings (SSSR count). The average molecular weight is 427 g/mol. The predicted octanol–water partition coefficient (Wildman–Crippen LogP) is 4.59. The van der Waals surface area contributed by atoms with Crippen molar-refractivity contribution in [1.29, 1.82) is 0 Å². The van der Waals surface area contributed by atoms with Crippen molar-refractivity contribution in [3.05, 3.63) is 95.1 Å². The number of ether oxygens (including phenoxy) is 1. The van der Waals surface area contributed by atoms with Gasteiger partial charge in [0.05, 0.1) is 12.2 Å². The SMILES string of the molecule is CC1(C)Oc2ccc(C(=O)N3CCc4ccccc4C3)cc2N(Cc2ccccc2)C1=O. The highest BCUT2D eigenvalue weighted by Gasteiger charge is 2.41. The van der Waals surface area contributed by atoms with Crippen LogP contribution in [0.5, 0.6) is 5.75 Å². The molecular formula is C27H26N2O3. The third kappa shape index (κ3) is 3.64. The molecule has 0 N–H and O–H groups in total. The van der Waals surface area contributed by atoms with Crippen molar-refractivity contribution < 1.29 is 14.3 Å². The Labute approximate surface area is 188 Å². The second-order valence-electron chi connectivity index (χ2n) is 8.92. The minimum absolute atomic E-state index is 0.0285. The van der Waals surface area contributed by atoms with Gasteiger partial charge in [-0.2, -0.15) is 0 Å². The highest BCUT2D eigenvalue weighted by Crippen LogP contribution is 2.39.